The topological polar surface area (TPSA) is 141 Å². The monoisotopic (exact) mass is 486 g/mol. The van der Waals surface area contributed by atoms with Crippen molar-refractivity contribution in [2.75, 3.05) is 7.11 Å². The number of rotatable bonds is 8. The van der Waals surface area contributed by atoms with Crippen LogP contribution in [0.1, 0.15) is 18.6 Å². The molecule has 1 saturated carbocycles. The van der Waals surface area contributed by atoms with Crippen LogP contribution in [0.5, 0.6) is 5.88 Å². The predicted octanol–water partition coefficient (Wildman–Crippen LogP) is 2.13. The third-order valence-electron chi connectivity index (χ3n) is 5.67. The molecule has 0 saturated heterocycles. The minimum atomic E-state index is -0.203. The summed E-state index contributed by atoms with van der Waals surface area (Å²) in [6.07, 6.45) is 8.77. The van der Waals surface area contributed by atoms with E-state index in [0.717, 1.165) is 23.6 Å². The quantitative estimate of drug-likeness (QED) is 0.250. The number of benzene rings is 1. The number of amides is 1. The molecule has 1 aliphatic carbocycles. The molecule has 6 rings (SSSR count). The highest BCUT2D eigenvalue weighted by Crippen LogP contribution is 2.29. The summed E-state index contributed by atoms with van der Waals surface area (Å²) >= 11 is 0. The lowest BCUT2D eigenvalue weighted by molar-refractivity contribution is -0.118. The molecule has 0 unspecified atom stereocenters. The highest BCUT2D eigenvalue weighted by Gasteiger charge is 2.22. The number of hydrogen-bond donors (Lipinski definition) is 3. The Morgan fingerprint density at radius 2 is 2.11 bits per heavy atom. The number of carbonyl (C=O) groups is 1. The maximum Gasteiger partial charge on any atom is 0.266 e. The van der Waals surface area contributed by atoms with Crippen molar-refractivity contribution in [3.05, 3.63) is 72.0 Å². The first-order chi connectivity index (χ1) is 17.7. The van der Waals surface area contributed by atoms with Crippen LogP contribution in [-0.2, 0) is 16.1 Å². The second-order valence-electron chi connectivity index (χ2n) is 8.36. The predicted molar refractivity (Wildman–Crippen MR) is 128 cm³/mol. The van der Waals surface area contributed by atoms with Crippen molar-refractivity contribution < 1.29 is 18.8 Å². The van der Waals surface area contributed by atoms with Crippen LogP contribution in [-0.4, -0.2) is 44.0 Å². The largest absolute Gasteiger partial charge is 0.443 e. The van der Waals surface area contributed by atoms with E-state index in [0.29, 0.717) is 46.1 Å². The molecular formula is C24H22N8O4. The lowest BCUT2D eigenvalue weighted by atomic mass is 10.2. The van der Waals surface area contributed by atoms with Gasteiger partial charge in [0.1, 0.15) is 12.9 Å². The Bertz CT molecular complexity index is 1550. The molecule has 1 aromatic carbocycles. The van der Waals surface area contributed by atoms with E-state index in [4.69, 9.17) is 14.0 Å². The van der Waals surface area contributed by atoms with Crippen molar-refractivity contribution in [2.45, 2.75) is 25.5 Å². The van der Waals surface area contributed by atoms with Gasteiger partial charge in [-0.05, 0) is 31.1 Å². The Labute approximate surface area is 204 Å². The van der Waals surface area contributed by atoms with Gasteiger partial charge in [0.25, 0.3) is 5.91 Å². The maximum atomic E-state index is 12.2. The van der Waals surface area contributed by atoms with Gasteiger partial charge < -0.3 is 19.3 Å². The molecule has 1 fully saturated rings. The molecule has 12 nitrogen and oxygen atoms in total. The number of allylic oxidation sites excluding steroid dienone is 1. The second-order valence-corrected chi connectivity index (χ2v) is 8.36. The van der Waals surface area contributed by atoms with E-state index in [1.807, 2.05) is 24.3 Å². The van der Waals surface area contributed by atoms with Gasteiger partial charge in [-0.3, -0.25) is 10.2 Å². The third-order valence-corrected chi connectivity index (χ3v) is 5.67. The first-order valence-electron chi connectivity index (χ1n) is 11.4. The van der Waals surface area contributed by atoms with Crippen LogP contribution in [0, 0.1) is 0 Å². The minimum absolute atomic E-state index is 0.203. The number of dihydropyridines is 1. The summed E-state index contributed by atoms with van der Waals surface area (Å²) in [4.78, 5) is 12.2. The van der Waals surface area contributed by atoms with Crippen molar-refractivity contribution in [1.82, 2.24) is 41.1 Å². The average Bonchev–Trinajstić information content (AvgIpc) is 3.47. The highest BCUT2D eigenvalue weighted by molar-refractivity contribution is 5.97. The number of hydrazine groups is 1. The first-order valence-corrected chi connectivity index (χ1v) is 11.4. The Morgan fingerprint density at radius 1 is 1.25 bits per heavy atom. The SMILES string of the molecule is COCc1cc(-c2nnc3c4ccccc4c(OC=C4C=CC(C(=O)NNC5CC5)=CN4)nn23)no1. The number of aromatic nitrogens is 5. The first kappa shape index (κ1) is 21.9. The second kappa shape index (κ2) is 9.24. The number of nitrogens with zero attached hydrogens (tertiary/aromatic N) is 5. The molecule has 4 aromatic rings. The van der Waals surface area contributed by atoms with Gasteiger partial charge in [-0.15, -0.1) is 15.3 Å². The molecule has 4 heterocycles. The smallest absolute Gasteiger partial charge is 0.266 e. The molecule has 12 heteroatoms. The Hall–Kier alpha value is -4.55. The minimum Gasteiger partial charge on any atom is -0.443 e. The van der Waals surface area contributed by atoms with Gasteiger partial charge in [0.2, 0.25) is 11.7 Å². The van der Waals surface area contributed by atoms with Crippen LogP contribution in [0.15, 0.2) is 70.7 Å². The van der Waals surface area contributed by atoms with Crippen LogP contribution in [0.4, 0.5) is 0 Å². The van der Waals surface area contributed by atoms with E-state index in [2.05, 4.69) is 36.6 Å². The summed E-state index contributed by atoms with van der Waals surface area (Å²) in [5, 5.41) is 21.9. The molecule has 2 aliphatic rings. The van der Waals surface area contributed by atoms with Crippen LogP contribution in [0.3, 0.4) is 0 Å². The van der Waals surface area contributed by atoms with E-state index >= 15 is 0 Å². The van der Waals surface area contributed by atoms with Gasteiger partial charge in [0.05, 0.1) is 11.3 Å². The summed E-state index contributed by atoms with van der Waals surface area (Å²) in [5.74, 6) is 1.12. The fourth-order valence-corrected chi connectivity index (χ4v) is 3.67. The van der Waals surface area contributed by atoms with Crippen LogP contribution in [0.25, 0.3) is 27.9 Å². The van der Waals surface area contributed by atoms with Gasteiger partial charge >= 0.3 is 0 Å². The lowest BCUT2D eigenvalue weighted by Gasteiger charge is -2.12. The van der Waals surface area contributed by atoms with Crippen LogP contribution < -0.4 is 20.9 Å². The van der Waals surface area contributed by atoms with E-state index in [1.54, 1.807) is 36.0 Å². The van der Waals surface area contributed by atoms with Crippen LogP contribution in [0.2, 0.25) is 0 Å². The highest BCUT2D eigenvalue weighted by atomic mass is 16.5. The molecule has 3 aromatic heterocycles. The summed E-state index contributed by atoms with van der Waals surface area (Å²) in [5.41, 5.74) is 7.88. The van der Waals surface area contributed by atoms with Gasteiger partial charge in [0.15, 0.2) is 17.1 Å². The number of hydrogen-bond acceptors (Lipinski definition) is 10. The van der Waals surface area contributed by atoms with Crippen molar-refractivity contribution in [2.24, 2.45) is 0 Å². The van der Waals surface area contributed by atoms with Crippen LogP contribution >= 0.6 is 0 Å². The molecule has 182 valence electrons. The number of methoxy groups -OCH3 is 1. The van der Waals surface area contributed by atoms with Crippen molar-refractivity contribution in [1.29, 1.82) is 0 Å². The summed E-state index contributed by atoms with van der Waals surface area (Å²) < 4.78 is 18.0. The number of ether oxygens (including phenoxy) is 2. The summed E-state index contributed by atoms with van der Waals surface area (Å²) in [6, 6.07) is 9.74. The van der Waals surface area contributed by atoms with Crippen molar-refractivity contribution in [3.8, 4) is 17.4 Å². The molecule has 0 spiro atoms. The number of fused-ring (bicyclic) bond motifs is 3. The van der Waals surface area contributed by atoms with Gasteiger partial charge in [-0.25, -0.2) is 5.43 Å². The normalized spacial score (nSPS) is 16.4. The third kappa shape index (κ3) is 4.30. The van der Waals surface area contributed by atoms with Crippen molar-refractivity contribution in [3.63, 3.8) is 0 Å². The van der Waals surface area contributed by atoms with E-state index in [9.17, 15) is 4.79 Å². The fraction of sp³-hybridized carbons (Fsp3) is 0.208. The molecule has 0 atom stereocenters. The molecule has 36 heavy (non-hydrogen) atoms. The Morgan fingerprint density at radius 3 is 2.89 bits per heavy atom. The molecule has 0 radical (unpaired) electrons. The number of carbonyl (C=O) groups excluding carboxylic acids is 1. The van der Waals surface area contributed by atoms with Crippen molar-refractivity contribution >= 4 is 22.3 Å². The van der Waals surface area contributed by atoms with Gasteiger partial charge in [-0.2, -0.15) is 4.52 Å². The van der Waals surface area contributed by atoms with E-state index in [1.165, 1.54) is 6.26 Å². The van der Waals surface area contributed by atoms with Gasteiger partial charge in [0, 0.05) is 36.2 Å². The molecular weight excluding hydrogens is 464 g/mol. The summed E-state index contributed by atoms with van der Waals surface area (Å²) in [7, 11) is 1.58. The molecule has 0 bridgehead atoms. The standard InChI is InChI=1S/C24H22N8O4/c1-34-13-17-10-20(31-36-17)22-28-27-21-18-4-2-3-5-19(18)24(30-32(21)22)35-12-16-7-6-14(11-25-16)23(33)29-26-15-8-9-15/h2-7,10-12,15,25-26H,8-9,13H2,1H3,(H,29,33). The molecule has 1 amide bonds. The zero-order valence-corrected chi connectivity index (χ0v) is 19.3. The Balaban J connectivity index is 1.27. The number of nitrogens with one attached hydrogen (secondary N) is 3. The van der Waals surface area contributed by atoms with Gasteiger partial charge in [-0.1, -0.05) is 23.4 Å². The maximum absolute atomic E-state index is 12.2. The fourth-order valence-electron chi connectivity index (χ4n) is 3.67. The zero-order valence-electron chi connectivity index (χ0n) is 19.3. The zero-order chi connectivity index (χ0) is 24.5. The van der Waals surface area contributed by atoms with E-state index < -0.39 is 0 Å². The lowest BCUT2D eigenvalue weighted by Crippen LogP contribution is -2.39. The Kier molecular flexibility index (Phi) is 5.64. The van der Waals surface area contributed by atoms with E-state index in [-0.39, 0.29) is 12.5 Å². The molecule has 1 aliphatic heterocycles. The average molecular weight is 486 g/mol. The molecule has 3 N–H and O–H groups in total. The summed E-state index contributed by atoms with van der Waals surface area (Å²) in [6.45, 7) is 0.289.